The Labute approximate surface area is 129 Å². The molecule has 0 radical (unpaired) electrons. The van der Waals surface area contributed by atoms with E-state index in [9.17, 15) is 4.79 Å². The summed E-state index contributed by atoms with van der Waals surface area (Å²) in [5, 5.41) is 0. The Morgan fingerprint density at radius 1 is 1.23 bits per heavy atom. The molecule has 0 unspecified atom stereocenters. The number of nitrogens with zero attached hydrogens (tertiary/aromatic N) is 2. The zero-order chi connectivity index (χ0) is 15.9. The predicted octanol–water partition coefficient (Wildman–Crippen LogP) is 2.89. The molecule has 0 spiro atoms. The molecule has 0 amide bonds. The van der Waals surface area contributed by atoms with E-state index in [4.69, 9.17) is 9.15 Å². The van der Waals surface area contributed by atoms with E-state index in [1.807, 2.05) is 12.1 Å². The lowest BCUT2D eigenvalue weighted by atomic mass is 10.1. The van der Waals surface area contributed by atoms with Gasteiger partial charge in [0.15, 0.2) is 0 Å². The van der Waals surface area contributed by atoms with E-state index in [-0.39, 0.29) is 11.6 Å². The summed E-state index contributed by atoms with van der Waals surface area (Å²) >= 11 is 0. The Hall–Kier alpha value is -2.82. The first-order valence-electron chi connectivity index (χ1n) is 6.81. The second-order valence-corrected chi connectivity index (χ2v) is 4.55. The summed E-state index contributed by atoms with van der Waals surface area (Å²) in [4.78, 5) is 17.5. The van der Waals surface area contributed by atoms with Gasteiger partial charge in [0.2, 0.25) is 0 Å². The van der Waals surface area contributed by atoms with Crippen LogP contribution < -0.4 is 15.2 Å². The van der Waals surface area contributed by atoms with Crippen molar-refractivity contribution in [3.63, 3.8) is 0 Å². The standard InChI is InChI=1S/C17H18N2O3/c1-4-10-19(11-5-2)17-18-16(20)12-15(22-17)13-6-8-14(21-3)9-7-13/h4-9,12H,1-2,10-11H2,3H3. The molecule has 0 saturated carbocycles. The third-order valence-corrected chi connectivity index (χ3v) is 3.01. The summed E-state index contributed by atoms with van der Waals surface area (Å²) in [6, 6.07) is 8.88. The van der Waals surface area contributed by atoms with Crippen LogP contribution in [0.2, 0.25) is 0 Å². The molecule has 1 aromatic carbocycles. The Kier molecular flexibility index (Phi) is 5.14. The van der Waals surface area contributed by atoms with Gasteiger partial charge >= 0.3 is 6.01 Å². The number of hydrogen-bond acceptors (Lipinski definition) is 5. The zero-order valence-corrected chi connectivity index (χ0v) is 12.5. The highest BCUT2D eigenvalue weighted by atomic mass is 16.5. The molecule has 0 N–H and O–H groups in total. The van der Waals surface area contributed by atoms with Gasteiger partial charge < -0.3 is 14.1 Å². The minimum Gasteiger partial charge on any atom is -0.497 e. The van der Waals surface area contributed by atoms with Crippen LogP contribution in [0.1, 0.15) is 0 Å². The molecule has 0 aliphatic carbocycles. The van der Waals surface area contributed by atoms with Crippen molar-refractivity contribution in [2.24, 2.45) is 0 Å². The monoisotopic (exact) mass is 298 g/mol. The number of hydrogen-bond donors (Lipinski definition) is 0. The Bertz CT molecular complexity index is 695. The fourth-order valence-corrected chi connectivity index (χ4v) is 1.96. The topological polar surface area (TPSA) is 55.6 Å². The van der Waals surface area contributed by atoms with Gasteiger partial charge in [-0.1, -0.05) is 12.2 Å². The SMILES string of the molecule is C=CCN(CC=C)c1nc(=O)cc(-c2ccc(OC)cc2)o1. The normalized spacial score (nSPS) is 10.0. The molecular formula is C17H18N2O3. The number of benzene rings is 1. The third kappa shape index (κ3) is 3.63. The lowest BCUT2D eigenvalue weighted by Crippen LogP contribution is -2.26. The number of methoxy groups -OCH3 is 1. The predicted molar refractivity (Wildman–Crippen MR) is 87.4 cm³/mol. The van der Waals surface area contributed by atoms with E-state index in [0.29, 0.717) is 18.8 Å². The average Bonchev–Trinajstić information content (AvgIpc) is 2.54. The van der Waals surface area contributed by atoms with Crippen molar-refractivity contribution in [2.75, 3.05) is 25.1 Å². The molecule has 0 atom stereocenters. The van der Waals surface area contributed by atoms with E-state index in [2.05, 4.69) is 18.1 Å². The molecule has 2 aromatic rings. The third-order valence-electron chi connectivity index (χ3n) is 3.01. The number of aromatic nitrogens is 1. The highest BCUT2D eigenvalue weighted by Crippen LogP contribution is 2.23. The lowest BCUT2D eigenvalue weighted by molar-refractivity contribution is 0.415. The van der Waals surface area contributed by atoms with Gasteiger partial charge in [-0.05, 0) is 24.3 Å². The van der Waals surface area contributed by atoms with Gasteiger partial charge in [0.1, 0.15) is 11.5 Å². The molecule has 114 valence electrons. The molecule has 5 heteroatoms. The van der Waals surface area contributed by atoms with Crippen LogP contribution in [0.3, 0.4) is 0 Å². The summed E-state index contributed by atoms with van der Waals surface area (Å²) in [6.45, 7) is 8.40. The van der Waals surface area contributed by atoms with Crippen LogP contribution in [0.15, 0.2) is 64.9 Å². The van der Waals surface area contributed by atoms with Crippen molar-refractivity contribution in [1.29, 1.82) is 0 Å². The van der Waals surface area contributed by atoms with Crippen molar-refractivity contribution >= 4 is 6.01 Å². The van der Waals surface area contributed by atoms with Crippen molar-refractivity contribution in [2.45, 2.75) is 0 Å². The molecule has 2 rings (SSSR count). The Balaban J connectivity index is 2.42. The van der Waals surface area contributed by atoms with E-state index in [1.165, 1.54) is 6.07 Å². The second-order valence-electron chi connectivity index (χ2n) is 4.55. The van der Waals surface area contributed by atoms with Crippen LogP contribution in [0.25, 0.3) is 11.3 Å². The van der Waals surface area contributed by atoms with Gasteiger partial charge in [-0.2, -0.15) is 4.98 Å². The van der Waals surface area contributed by atoms with E-state index in [0.717, 1.165) is 11.3 Å². The highest BCUT2D eigenvalue weighted by molar-refractivity contribution is 5.58. The summed E-state index contributed by atoms with van der Waals surface area (Å²) in [7, 11) is 1.60. The number of rotatable bonds is 7. The molecule has 0 saturated heterocycles. The van der Waals surface area contributed by atoms with Crippen molar-refractivity contribution in [3.05, 3.63) is 66.0 Å². The van der Waals surface area contributed by atoms with Crippen LogP contribution in [-0.4, -0.2) is 25.2 Å². The lowest BCUT2D eigenvalue weighted by Gasteiger charge is -2.18. The first-order valence-corrected chi connectivity index (χ1v) is 6.81. The molecule has 22 heavy (non-hydrogen) atoms. The van der Waals surface area contributed by atoms with Crippen LogP contribution >= 0.6 is 0 Å². The van der Waals surface area contributed by atoms with Crippen LogP contribution in [0.5, 0.6) is 5.75 Å². The van der Waals surface area contributed by atoms with Crippen molar-refractivity contribution in [1.82, 2.24) is 4.98 Å². The molecule has 5 nitrogen and oxygen atoms in total. The molecule has 0 aliphatic rings. The van der Waals surface area contributed by atoms with E-state index >= 15 is 0 Å². The first kappa shape index (κ1) is 15.6. The summed E-state index contributed by atoms with van der Waals surface area (Å²) in [5.74, 6) is 1.19. The second kappa shape index (κ2) is 7.26. The van der Waals surface area contributed by atoms with Gasteiger partial charge in [0.25, 0.3) is 5.56 Å². The summed E-state index contributed by atoms with van der Waals surface area (Å²) in [6.07, 6.45) is 3.43. The number of ether oxygens (including phenoxy) is 1. The Morgan fingerprint density at radius 3 is 2.41 bits per heavy atom. The largest absolute Gasteiger partial charge is 0.497 e. The maximum atomic E-state index is 11.8. The molecule has 0 fully saturated rings. The Morgan fingerprint density at radius 2 is 1.86 bits per heavy atom. The van der Waals surface area contributed by atoms with Gasteiger partial charge in [-0.15, -0.1) is 13.2 Å². The van der Waals surface area contributed by atoms with Gasteiger partial charge in [0.05, 0.1) is 7.11 Å². The maximum absolute atomic E-state index is 11.8. The van der Waals surface area contributed by atoms with Gasteiger partial charge in [-0.3, -0.25) is 4.79 Å². The van der Waals surface area contributed by atoms with E-state index < -0.39 is 0 Å². The summed E-state index contributed by atoms with van der Waals surface area (Å²) in [5.41, 5.74) is 0.420. The quantitative estimate of drug-likeness (QED) is 0.736. The van der Waals surface area contributed by atoms with Crippen LogP contribution in [0.4, 0.5) is 6.01 Å². The van der Waals surface area contributed by atoms with Crippen LogP contribution in [0, 0.1) is 0 Å². The average molecular weight is 298 g/mol. The minimum absolute atomic E-state index is 0.248. The number of anilines is 1. The smallest absolute Gasteiger partial charge is 0.301 e. The van der Waals surface area contributed by atoms with Gasteiger partial charge in [-0.25, -0.2) is 0 Å². The highest BCUT2D eigenvalue weighted by Gasteiger charge is 2.12. The van der Waals surface area contributed by atoms with Gasteiger partial charge in [0, 0.05) is 24.7 Å². The fraction of sp³-hybridized carbons (Fsp3) is 0.176. The molecule has 1 aromatic heterocycles. The van der Waals surface area contributed by atoms with Crippen molar-refractivity contribution < 1.29 is 9.15 Å². The molecular weight excluding hydrogens is 280 g/mol. The molecule has 0 aliphatic heterocycles. The van der Waals surface area contributed by atoms with Crippen LogP contribution in [-0.2, 0) is 0 Å². The van der Waals surface area contributed by atoms with E-state index in [1.54, 1.807) is 36.3 Å². The summed E-state index contributed by atoms with van der Waals surface area (Å²) < 4.78 is 10.9. The molecule has 1 heterocycles. The first-order chi connectivity index (χ1) is 10.7. The van der Waals surface area contributed by atoms with Crippen molar-refractivity contribution in [3.8, 4) is 17.1 Å². The zero-order valence-electron chi connectivity index (χ0n) is 12.5. The minimum atomic E-state index is -0.356. The maximum Gasteiger partial charge on any atom is 0.301 e. The fourth-order valence-electron chi connectivity index (χ4n) is 1.96. The molecule has 0 bridgehead atoms.